The molecule has 2 aromatic carbocycles. The maximum atomic E-state index is 12.1. The Labute approximate surface area is 155 Å². The second-order valence-electron chi connectivity index (χ2n) is 5.77. The van der Waals surface area contributed by atoms with Gasteiger partial charge in [0.15, 0.2) is 5.70 Å². The summed E-state index contributed by atoms with van der Waals surface area (Å²) in [7, 11) is 0. The third-order valence-electron chi connectivity index (χ3n) is 3.79. The van der Waals surface area contributed by atoms with E-state index in [0.717, 1.165) is 5.56 Å². The fourth-order valence-electron chi connectivity index (χ4n) is 2.53. The first-order valence-electron chi connectivity index (χ1n) is 8.09. The molecule has 7 nitrogen and oxygen atoms in total. The monoisotopic (exact) mass is 364 g/mol. The van der Waals surface area contributed by atoms with Crippen LogP contribution >= 0.6 is 0 Å². The Morgan fingerprint density at radius 3 is 2.81 bits per heavy atom. The summed E-state index contributed by atoms with van der Waals surface area (Å²) in [6.45, 7) is 5.59. The Morgan fingerprint density at radius 2 is 2.11 bits per heavy atom. The molecule has 0 aromatic heterocycles. The molecule has 0 fully saturated rings. The number of nitrogens with zero attached hydrogens (tertiary/aromatic N) is 2. The van der Waals surface area contributed by atoms with Crippen LogP contribution < -0.4 is 4.74 Å². The van der Waals surface area contributed by atoms with Gasteiger partial charge in [0.1, 0.15) is 12.4 Å². The van der Waals surface area contributed by atoms with Gasteiger partial charge in [-0.25, -0.2) is 9.79 Å². The number of carbonyl (C=O) groups excluding carboxylic acids is 1. The fourth-order valence-corrected chi connectivity index (χ4v) is 2.53. The van der Waals surface area contributed by atoms with Crippen molar-refractivity contribution in [2.45, 2.75) is 6.92 Å². The van der Waals surface area contributed by atoms with Crippen molar-refractivity contribution in [2.24, 2.45) is 4.99 Å². The van der Waals surface area contributed by atoms with Crippen LogP contribution in [0.3, 0.4) is 0 Å². The Bertz CT molecular complexity index is 992. The number of hydrogen-bond donors (Lipinski definition) is 0. The van der Waals surface area contributed by atoms with E-state index in [0.29, 0.717) is 23.5 Å². The summed E-state index contributed by atoms with van der Waals surface area (Å²) in [5.74, 6) is 0.174. The molecule has 0 spiro atoms. The second-order valence-corrected chi connectivity index (χ2v) is 5.77. The minimum atomic E-state index is -0.585. The average molecular weight is 364 g/mol. The van der Waals surface area contributed by atoms with Crippen LogP contribution in [0.4, 0.5) is 5.69 Å². The van der Waals surface area contributed by atoms with Gasteiger partial charge >= 0.3 is 5.97 Å². The number of cyclic esters (lactones) is 1. The Kier molecular flexibility index (Phi) is 5.12. The topological polar surface area (TPSA) is 91.0 Å². The van der Waals surface area contributed by atoms with Crippen molar-refractivity contribution in [3.05, 3.63) is 87.6 Å². The van der Waals surface area contributed by atoms with E-state index in [1.807, 2.05) is 6.07 Å². The molecule has 0 saturated carbocycles. The van der Waals surface area contributed by atoms with Crippen LogP contribution in [0.1, 0.15) is 16.7 Å². The van der Waals surface area contributed by atoms with Crippen LogP contribution in [0.5, 0.6) is 5.75 Å². The van der Waals surface area contributed by atoms with Crippen LogP contribution in [0, 0.1) is 17.0 Å². The Morgan fingerprint density at radius 1 is 1.30 bits per heavy atom. The van der Waals surface area contributed by atoms with Crippen molar-refractivity contribution >= 4 is 23.6 Å². The normalized spacial score (nSPS) is 14.6. The lowest BCUT2D eigenvalue weighted by Gasteiger charge is -2.03. The highest BCUT2D eigenvalue weighted by Crippen LogP contribution is 2.24. The molecule has 3 rings (SSSR count). The molecule has 0 unspecified atom stereocenters. The average Bonchev–Trinajstić information content (AvgIpc) is 3.00. The van der Waals surface area contributed by atoms with Gasteiger partial charge in [0.2, 0.25) is 5.90 Å². The minimum absolute atomic E-state index is 0.00391. The quantitative estimate of drug-likeness (QED) is 0.255. The number of nitro groups is 1. The predicted molar refractivity (Wildman–Crippen MR) is 101 cm³/mol. The van der Waals surface area contributed by atoms with Crippen molar-refractivity contribution in [1.82, 2.24) is 0 Å². The Hall–Kier alpha value is -3.74. The van der Waals surface area contributed by atoms with Crippen LogP contribution in [0.2, 0.25) is 0 Å². The van der Waals surface area contributed by atoms with E-state index in [2.05, 4.69) is 11.6 Å². The van der Waals surface area contributed by atoms with Crippen molar-refractivity contribution < 1.29 is 19.2 Å². The second kappa shape index (κ2) is 7.65. The molecule has 1 heterocycles. The molecule has 7 heteroatoms. The zero-order valence-electron chi connectivity index (χ0n) is 14.5. The molecule has 136 valence electrons. The number of rotatable bonds is 6. The molecular formula is C20H16N2O5. The third kappa shape index (κ3) is 4.09. The van der Waals surface area contributed by atoms with Crippen LogP contribution in [0.15, 0.2) is 65.8 Å². The smallest absolute Gasteiger partial charge is 0.363 e. The predicted octanol–water partition coefficient (Wildman–Crippen LogP) is 3.81. The molecule has 1 aliphatic rings. The molecule has 27 heavy (non-hydrogen) atoms. The first-order chi connectivity index (χ1) is 13.0. The van der Waals surface area contributed by atoms with E-state index in [-0.39, 0.29) is 17.3 Å². The van der Waals surface area contributed by atoms with Gasteiger partial charge in [-0.3, -0.25) is 10.1 Å². The molecule has 0 N–H and O–H groups in total. The van der Waals surface area contributed by atoms with E-state index >= 15 is 0 Å². The first kappa shape index (κ1) is 18.1. The summed E-state index contributed by atoms with van der Waals surface area (Å²) < 4.78 is 10.7. The fraction of sp³-hybridized carbons (Fsp3) is 0.100. The van der Waals surface area contributed by atoms with E-state index < -0.39 is 10.9 Å². The SMILES string of the molecule is C=CCOc1cccc(/C=C2\N=C(c3ccc([N+](=O)[O-])c(C)c3)OC2=O)c1. The van der Waals surface area contributed by atoms with Crippen LogP contribution in [0.25, 0.3) is 6.08 Å². The van der Waals surface area contributed by atoms with Gasteiger partial charge in [0.05, 0.1) is 4.92 Å². The third-order valence-corrected chi connectivity index (χ3v) is 3.79. The van der Waals surface area contributed by atoms with Gasteiger partial charge in [-0.15, -0.1) is 0 Å². The molecular weight excluding hydrogens is 348 g/mol. The highest BCUT2D eigenvalue weighted by molar-refractivity contribution is 6.13. The zero-order chi connectivity index (χ0) is 19.4. The van der Waals surface area contributed by atoms with Gasteiger partial charge in [0, 0.05) is 17.2 Å². The van der Waals surface area contributed by atoms with E-state index in [9.17, 15) is 14.9 Å². The minimum Gasteiger partial charge on any atom is -0.490 e. The van der Waals surface area contributed by atoms with Crippen molar-refractivity contribution in [3.63, 3.8) is 0 Å². The summed E-state index contributed by atoms with van der Waals surface area (Å²) in [6.07, 6.45) is 3.23. The van der Waals surface area contributed by atoms with Crippen molar-refractivity contribution in [3.8, 4) is 5.75 Å². The number of aryl methyl sites for hydroxylation is 1. The lowest BCUT2D eigenvalue weighted by atomic mass is 10.1. The number of esters is 1. The van der Waals surface area contributed by atoms with E-state index in [4.69, 9.17) is 9.47 Å². The summed E-state index contributed by atoms with van der Waals surface area (Å²) >= 11 is 0. The molecule has 1 aliphatic heterocycles. The molecule has 0 aliphatic carbocycles. The molecule has 0 saturated heterocycles. The summed E-state index contributed by atoms with van der Waals surface area (Å²) in [5.41, 5.74) is 1.82. The standard InChI is InChI=1S/C20H16N2O5/c1-3-9-26-16-6-4-5-14(11-16)12-17-20(23)27-19(21-17)15-7-8-18(22(24)25)13(2)10-15/h3-8,10-12H,1,9H2,2H3/b17-12-. The lowest BCUT2D eigenvalue weighted by Crippen LogP contribution is -2.06. The number of aliphatic imine (C=N–C) groups is 1. The molecule has 0 amide bonds. The number of nitro benzene ring substituents is 1. The van der Waals surface area contributed by atoms with Gasteiger partial charge in [-0.05, 0) is 42.8 Å². The molecule has 0 radical (unpaired) electrons. The van der Waals surface area contributed by atoms with Gasteiger partial charge < -0.3 is 9.47 Å². The highest BCUT2D eigenvalue weighted by Gasteiger charge is 2.25. The Balaban J connectivity index is 1.88. The largest absolute Gasteiger partial charge is 0.490 e. The van der Waals surface area contributed by atoms with Gasteiger partial charge in [0.25, 0.3) is 5.69 Å². The van der Waals surface area contributed by atoms with Crippen LogP contribution in [-0.4, -0.2) is 23.4 Å². The summed E-state index contributed by atoms with van der Waals surface area (Å²) in [6, 6.07) is 11.6. The maximum Gasteiger partial charge on any atom is 0.363 e. The summed E-state index contributed by atoms with van der Waals surface area (Å²) in [5, 5.41) is 10.9. The van der Waals surface area contributed by atoms with Crippen molar-refractivity contribution in [2.75, 3.05) is 6.61 Å². The van der Waals surface area contributed by atoms with Gasteiger partial charge in [-0.1, -0.05) is 24.8 Å². The number of benzene rings is 2. The highest BCUT2D eigenvalue weighted by atomic mass is 16.6. The lowest BCUT2D eigenvalue weighted by molar-refractivity contribution is -0.385. The number of carbonyl (C=O) groups is 1. The molecule has 2 aromatic rings. The van der Waals surface area contributed by atoms with Crippen LogP contribution in [-0.2, 0) is 9.53 Å². The number of ether oxygens (including phenoxy) is 2. The van der Waals surface area contributed by atoms with E-state index in [1.165, 1.54) is 12.1 Å². The van der Waals surface area contributed by atoms with Gasteiger partial charge in [-0.2, -0.15) is 0 Å². The van der Waals surface area contributed by atoms with E-state index in [1.54, 1.807) is 43.3 Å². The first-order valence-corrected chi connectivity index (χ1v) is 8.09. The number of hydrogen-bond acceptors (Lipinski definition) is 6. The maximum absolute atomic E-state index is 12.1. The zero-order valence-corrected chi connectivity index (χ0v) is 14.5. The summed E-state index contributed by atoms with van der Waals surface area (Å²) in [4.78, 5) is 26.8. The molecule has 0 bridgehead atoms. The van der Waals surface area contributed by atoms with Crippen molar-refractivity contribution in [1.29, 1.82) is 0 Å². The molecule has 0 atom stereocenters.